The molecule has 1 saturated heterocycles. The van der Waals surface area contributed by atoms with Crippen LogP contribution in [-0.2, 0) is 0 Å². The number of rotatable bonds is 2. The molecule has 1 aliphatic heterocycles. The van der Waals surface area contributed by atoms with Crippen LogP contribution in [0.25, 0.3) is 0 Å². The third-order valence-corrected chi connectivity index (χ3v) is 3.84. The first-order chi connectivity index (χ1) is 9.02. The fourth-order valence-corrected chi connectivity index (χ4v) is 2.72. The largest absolute Gasteiger partial charge is 0.334 e. The second-order valence-electron chi connectivity index (χ2n) is 5.36. The van der Waals surface area contributed by atoms with E-state index in [2.05, 4.69) is 0 Å². The van der Waals surface area contributed by atoms with E-state index in [0.29, 0.717) is 12.1 Å². The molecule has 2 atom stereocenters. The maximum Gasteiger partial charge on any atom is 0.257 e. The van der Waals surface area contributed by atoms with Crippen LogP contribution in [-0.4, -0.2) is 29.4 Å². The van der Waals surface area contributed by atoms with Crippen LogP contribution in [0.4, 0.5) is 4.39 Å². The van der Waals surface area contributed by atoms with E-state index in [0.717, 1.165) is 19.3 Å². The number of hydrogen-bond acceptors (Lipinski definition) is 2. The van der Waals surface area contributed by atoms with Crippen LogP contribution in [0, 0.1) is 12.7 Å². The van der Waals surface area contributed by atoms with Crippen LogP contribution >= 0.6 is 0 Å². The van der Waals surface area contributed by atoms with E-state index in [1.807, 2.05) is 6.92 Å². The zero-order chi connectivity index (χ0) is 14.0. The highest BCUT2D eigenvalue weighted by Gasteiger charge is 2.31. The Morgan fingerprint density at radius 3 is 2.89 bits per heavy atom. The summed E-state index contributed by atoms with van der Waals surface area (Å²) in [6, 6.07) is 4.87. The van der Waals surface area contributed by atoms with Gasteiger partial charge in [0.2, 0.25) is 0 Å². The number of aryl methyl sites for hydroxylation is 1. The van der Waals surface area contributed by atoms with E-state index in [1.165, 1.54) is 0 Å². The summed E-state index contributed by atoms with van der Waals surface area (Å²) in [7, 11) is 0. The number of amides is 1. The number of benzene rings is 1. The Labute approximate surface area is 113 Å². The normalized spacial score (nSPS) is 21.3. The molecule has 0 aliphatic carbocycles. The number of likely N-dealkylation sites (tertiary alicyclic amines) is 1. The minimum atomic E-state index is -0.415. The lowest BCUT2D eigenvalue weighted by Crippen LogP contribution is -2.51. The summed E-state index contributed by atoms with van der Waals surface area (Å²) >= 11 is 0. The summed E-state index contributed by atoms with van der Waals surface area (Å²) in [6.45, 7) is 4.24. The lowest BCUT2D eigenvalue weighted by Gasteiger charge is -2.38. The number of halogens is 1. The molecule has 1 heterocycles. The number of hydrogen-bond donors (Lipinski definition) is 1. The molecule has 0 saturated carbocycles. The van der Waals surface area contributed by atoms with Gasteiger partial charge in [0, 0.05) is 18.6 Å². The quantitative estimate of drug-likeness (QED) is 0.892. The van der Waals surface area contributed by atoms with Crippen molar-refractivity contribution in [1.29, 1.82) is 0 Å². The molecule has 0 bridgehead atoms. The van der Waals surface area contributed by atoms with E-state index < -0.39 is 5.82 Å². The van der Waals surface area contributed by atoms with Crippen molar-refractivity contribution >= 4 is 5.91 Å². The van der Waals surface area contributed by atoms with Crippen molar-refractivity contribution in [1.82, 2.24) is 4.90 Å². The first kappa shape index (κ1) is 14.0. The van der Waals surface area contributed by atoms with Crippen LogP contribution in [0.3, 0.4) is 0 Å². The molecule has 1 fully saturated rings. The molecule has 0 aromatic heterocycles. The van der Waals surface area contributed by atoms with Gasteiger partial charge in [-0.15, -0.1) is 0 Å². The predicted octanol–water partition coefficient (Wildman–Crippen LogP) is 2.48. The molecule has 0 spiro atoms. The summed E-state index contributed by atoms with van der Waals surface area (Å²) in [5.74, 6) is -0.648. The van der Waals surface area contributed by atoms with E-state index in [-0.39, 0.29) is 23.6 Å². The van der Waals surface area contributed by atoms with Crippen LogP contribution in [0.1, 0.15) is 42.1 Å². The maximum atomic E-state index is 14.1. The van der Waals surface area contributed by atoms with Gasteiger partial charge in [0.25, 0.3) is 5.91 Å². The second-order valence-corrected chi connectivity index (χ2v) is 5.36. The van der Waals surface area contributed by atoms with Crippen LogP contribution in [0.5, 0.6) is 0 Å². The topological polar surface area (TPSA) is 46.3 Å². The highest BCUT2D eigenvalue weighted by atomic mass is 19.1. The van der Waals surface area contributed by atoms with E-state index in [9.17, 15) is 9.18 Å². The summed E-state index contributed by atoms with van der Waals surface area (Å²) in [4.78, 5) is 14.3. The van der Waals surface area contributed by atoms with Crippen LogP contribution < -0.4 is 5.73 Å². The van der Waals surface area contributed by atoms with Crippen molar-refractivity contribution in [3.05, 3.63) is 35.1 Å². The Kier molecular flexibility index (Phi) is 4.20. The molecular weight excluding hydrogens is 243 g/mol. The SMILES string of the molecule is Cc1cccc(C(=O)N2CCCC[C@H]2[C@H](C)N)c1F. The molecule has 4 heteroatoms. The van der Waals surface area contributed by atoms with Crippen molar-refractivity contribution in [2.75, 3.05) is 6.54 Å². The average molecular weight is 264 g/mol. The van der Waals surface area contributed by atoms with E-state index in [1.54, 1.807) is 30.0 Å². The molecule has 0 radical (unpaired) electrons. The molecule has 1 amide bonds. The van der Waals surface area contributed by atoms with Crippen molar-refractivity contribution in [3.8, 4) is 0 Å². The zero-order valence-electron chi connectivity index (χ0n) is 11.5. The molecule has 3 nitrogen and oxygen atoms in total. The molecule has 1 aromatic carbocycles. The van der Waals surface area contributed by atoms with Crippen LogP contribution in [0.2, 0.25) is 0 Å². The minimum absolute atomic E-state index is 0.0150. The van der Waals surface area contributed by atoms with Gasteiger partial charge in [-0.25, -0.2) is 4.39 Å². The van der Waals surface area contributed by atoms with Gasteiger partial charge < -0.3 is 10.6 Å². The Bertz CT molecular complexity index is 473. The number of carbonyl (C=O) groups excluding carboxylic acids is 1. The molecule has 2 rings (SSSR count). The number of nitrogens with two attached hydrogens (primary N) is 1. The second kappa shape index (κ2) is 5.70. The Morgan fingerprint density at radius 1 is 1.47 bits per heavy atom. The van der Waals surface area contributed by atoms with Gasteiger partial charge in [0.15, 0.2) is 0 Å². The third-order valence-electron chi connectivity index (χ3n) is 3.84. The average Bonchev–Trinajstić information content (AvgIpc) is 2.41. The lowest BCUT2D eigenvalue weighted by atomic mass is 9.95. The predicted molar refractivity (Wildman–Crippen MR) is 73.5 cm³/mol. The number of piperidine rings is 1. The van der Waals surface area contributed by atoms with Crippen molar-refractivity contribution in [3.63, 3.8) is 0 Å². The summed E-state index contributed by atoms with van der Waals surface area (Å²) in [6.07, 6.45) is 2.94. The Hall–Kier alpha value is -1.42. The van der Waals surface area contributed by atoms with Gasteiger partial charge in [-0.1, -0.05) is 12.1 Å². The highest BCUT2D eigenvalue weighted by Crippen LogP contribution is 2.23. The zero-order valence-corrected chi connectivity index (χ0v) is 11.5. The fraction of sp³-hybridized carbons (Fsp3) is 0.533. The van der Waals surface area contributed by atoms with E-state index >= 15 is 0 Å². The highest BCUT2D eigenvalue weighted by molar-refractivity contribution is 5.95. The molecule has 0 unspecified atom stereocenters. The van der Waals surface area contributed by atoms with Gasteiger partial charge in [-0.05, 0) is 44.7 Å². The smallest absolute Gasteiger partial charge is 0.257 e. The number of nitrogens with zero attached hydrogens (tertiary/aromatic N) is 1. The monoisotopic (exact) mass is 264 g/mol. The Morgan fingerprint density at radius 2 is 2.21 bits per heavy atom. The Balaban J connectivity index is 2.29. The number of carbonyl (C=O) groups is 1. The van der Waals surface area contributed by atoms with Gasteiger partial charge in [0.1, 0.15) is 5.82 Å². The van der Waals surface area contributed by atoms with Gasteiger partial charge in [0.05, 0.1) is 5.56 Å². The fourth-order valence-electron chi connectivity index (χ4n) is 2.72. The lowest BCUT2D eigenvalue weighted by molar-refractivity contribution is 0.0579. The van der Waals surface area contributed by atoms with Gasteiger partial charge in [-0.2, -0.15) is 0 Å². The standard InChI is InChI=1S/C15H21FN2O/c1-10-6-5-7-12(14(10)16)15(19)18-9-4-3-8-13(18)11(2)17/h5-7,11,13H,3-4,8-9,17H2,1-2H3/t11-,13-/m0/s1. The molecule has 19 heavy (non-hydrogen) atoms. The first-order valence-corrected chi connectivity index (χ1v) is 6.84. The summed E-state index contributed by atoms with van der Waals surface area (Å²) in [5, 5.41) is 0. The summed E-state index contributed by atoms with van der Waals surface area (Å²) in [5.41, 5.74) is 6.61. The molecular formula is C15H21FN2O. The first-order valence-electron chi connectivity index (χ1n) is 6.84. The van der Waals surface area contributed by atoms with Crippen molar-refractivity contribution in [2.24, 2.45) is 5.73 Å². The van der Waals surface area contributed by atoms with Gasteiger partial charge in [-0.3, -0.25) is 4.79 Å². The van der Waals surface area contributed by atoms with Crippen LogP contribution in [0.15, 0.2) is 18.2 Å². The van der Waals surface area contributed by atoms with Gasteiger partial charge >= 0.3 is 0 Å². The molecule has 104 valence electrons. The van der Waals surface area contributed by atoms with Crippen molar-refractivity contribution in [2.45, 2.75) is 45.2 Å². The minimum Gasteiger partial charge on any atom is -0.334 e. The maximum absolute atomic E-state index is 14.1. The third kappa shape index (κ3) is 2.78. The van der Waals surface area contributed by atoms with E-state index in [4.69, 9.17) is 5.73 Å². The molecule has 1 aromatic rings. The summed E-state index contributed by atoms with van der Waals surface area (Å²) < 4.78 is 14.1. The molecule has 1 aliphatic rings. The molecule has 2 N–H and O–H groups in total. The van der Waals surface area contributed by atoms with Crippen molar-refractivity contribution < 1.29 is 9.18 Å².